The third-order valence-corrected chi connectivity index (χ3v) is 3.40. The zero-order valence-corrected chi connectivity index (χ0v) is 12.5. The fourth-order valence-corrected chi connectivity index (χ4v) is 2.14. The quantitative estimate of drug-likeness (QED) is 0.759. The number of aliphatic hydroxyl groups is 1. The summed E-state index contributed by atoms with van der Waals surface area (Å²) in [6.07, 6.45) is 1.75. The summed E-state index contributed by atoms with van der Waals surface area (Å²) in [4.78, 5) is 8.82. The molecule has 0 spiro atoms. The van der Waals surface area contributed by atoms with Gasteiger partial charge in [0.2, 0.25) is 0 Å². The lowest BCUT2D eigenvalue weighted by molar-refractivity contribution is 0.276. The van der Waals surface area contributed by atoms with Crippen LogP contribution in [0.25, 0.3) is 0 Å². The average molecular weight is 286 g/mol. The number of anilines is 2. The Morgan fingerprint density at radius 3 is 2.57 bits per heavy atom. The normalized spacial score (nSPS) is 12.1. The molecule has 1 aromatic carbocycles. The molecule has 0 aliphatic rings. The van der Waals surface area contributed by atoms with Gasteiger partial charge in [-0.2, -0.15) is 0 Å². The monoisotopic (exact) mass is 286 g/mol. The molecule has 1 aromatic heterocycles. The molecule has 0 aliphatic carbocycles. The standard InChI is InChI=1S/C16H22N4O/c1-3-7-14-19-15(17)11(2)16(20-14)18-13(10-21)12-8-5-4-6-9-12/h4-6,8-9,13,21H,3,7,10H2,1-2H3,(H3,17,18,19,20). The van der Waals surface area contributed by atoms with E-state index in [0.29, 0.717) is 11.6 Å². The summed E-state index contributed by atoms with van der Waals surface area (Å²) in [6.45, 7) is 3.94. The largest absolute Gasteiger partial charge is 0.394 e. The summed E-state index contributed by atoms with van der Waals surface area (Å²) in [5.74, 6) is 1.91. The van der Waals surface area contributed by atoms with E-state index in [1.165, 1.54) is 0 Å². The van der Waals surface area contributed by atoms with E-state index in [-0.39, 0.29) is 12.6 Å². The molecule has 0 saturated carbocycles. The van der Waals surface area contributed by atoms with Crippen molar-refractivity contribution in [3.63, 3.8) is 0 Å². The Kier molecular flexibility index (Phi) is 5.11. The third-order valence-electron chi connectivity index (χ3n) is 3.40. The maximum Gasteiger partial charge on any atom is 0.135 e. The van der Waals surface area contributed by atoms with Gasteiger partial charge in [-0.15, -0.1) is 0 Å². The molecule has 2 aromatic rings. The Morgan fingerprint density at radius 1 is 1.24 bits per heavy atom. The molecule has 0 fully saturated rings. The van der Waals surface area contributed by atoms with E-state index in [1.54, 1.807) is 0 Å². The van der Waals surface area contributed by atoms with Crippen LogP contribution in [0.3, 0.4) is 0 Å². The summed E-state index contributed by atoms with van der Waals surface area (Å²) >= 11 is 0. The van der Waals surface area contributed by atoms with Crippen molar-refractivity contribution in [2.75, 3.05) is 17.7 Å². The SMILES string of the molecule is CCCc1nc(N)c(C)c(NC(CO)c2ccccc2)n1. The van der Waals surface area contributed by atoms with Gasteiger partial charge in [0.25, 0.3) is 0 Å². The number of nitrogens with two attached hydrogens (primary N) is 1. The minimum absolute atomic E-state index is 0.0174. The predicted molar refractivity (Wildman–Crippen MR) is 85.1 cm³/mol. The van der Waals surface area contributed by atoms with Crippen LogP contribution in [0.2, 0.25) is 0 Å². The first-order chi connectivity index (χ1) is 10.2. The number of aliphatic hydroxyl groups excluding tert-OH is 1. The number of hydrogen-bond donors (Lipinski definition) is 3. The Hall–Kier alpha value is -2.14. The van der Waals surface area contributed by atoms with Gasteiger partial charge >= 0.3 is 0 Å². The highest BCUT2D eigenvalue weighted by molar-refractivity contribution is 5.55. The molecular formula is C16H22N4O. The lowest BCUT2D eigenvalue weighted by Crippen LogP contribution is -2.18. The molecule has 112 valence electrons. The smallest absolute Gasteiger partial charge is 0.135 e. The van der Waals surface area contributed by atoms with Crippen LogP contribution < -0.4 is 11.1 Å². The van der Waals surface area contributed by atoms with Crippen LogP contribution >= 0.6 is 0 Å². The molecule has 1 atom stereocenters. The Balaban J connectivity index is 2.28. The van der Waals surface area contributed by atoms with Gasteiger partial charge in [0.1, 0.15) is 17.5 Å². The van der Waals surface area contributed by atoms with Crippen molar-refractivity contribution in [3.05, 3.63) is 47.3 Å². The second kappa shape index (κ2) is 7.04. The molecule has 21 heavy (non-hydrogen) atoms. The first kappa shape index (κ1) is 15.3. The molecule has 0 saturated heterocycles. The molecule has 0 radical (unpaired) electrons. The average Bonchev–Trinajstić information content (AvgIpc) is 2.50. The van der Waals surface area contributed by atoms with Crippen molar-refractivity contribution in [1.82, 2.24) is 9.97 Å². The number of nitrogens with zero attached hydrogens (tertiary/aromatic N) is 2. The van der Waals surface area contributed by atoms with E-state index < -0.39 is 0 Å². The predicted octanol–water partition coefficient (Wildman–Crippen LogP) is 2.47. The van der Waals surface area contributed by atoms with Gasteiger partial charge in [-0.05, 0) is 18.9 Å². The summed E-state index contributed by atoms with van der Waals surface area (Å²) in [5, 5.41) is 12.9. The minimum Gasteiger partial charge on any atom is -0.394 e. The molecule has 0 amide bonds. The molecule has 4 N–H and O–H groups in total. The van der Waals surface area contributed by atoms with E-state index in [0.717, 1.165) is 29.8 Å². The first-order valence-corrected chi connectivity index (χ1v) is 7.21. The molecule has 5 nitrogen and oxygen atoms in total. The number of benzene rings is 1. The lowest BCUT2D eigenvalue weighted by atomic mass is 10.1. The van der Waals surface area contributed by atoms with Gasteiger partial charge in [-0.25, -0.2) is 9.97 Å². The van der Waals surface area contributed by atoms with Crippen molar-refractivity contribution >= 4 is 11.6 Å². The fourth-order valence-electron chi connectivity index (χ4n) is 2.14. The number of nitrogens with one attached hydrogen (secondary N) is 1. The maximum atomic E-state index is 9.64. The second-order valence-electron chi connectivity index (χ2n) is 5.04. The Morgan fingerprint density at radius 2 is 1.95 bits per heavy atom. The maximum absolute atomic E-state index is 9.64. The first-order valence-electron chi connectivity index (χ1n) is 7.21. The molecule has 5 heteroatoms. The minimum atomic E-state index is -0.214. The number of hydrogen-bond acceptors (Lipinski definition) is 5. The lowest BCUT2D eigenvalue weighted by Gasteiger charge is -2.19. The van der Waals surface area contributed by atoms with E-state index >= 15 is 0 Å². The molecular weight excluding hydrogens is 264 g/mol. The second-order valence-corrected chi connectivity index (χ2v) is 5.04. The molecule has 2 rings (SSSR count). The van der Waals surface area contributed by atoms with Crippen LogP contribution in [0, 0.1) is 6.92 Å². The number of rotatable bonds is 6. The summed E-state index contributed by atoms with van der Waals surface area (Å²) in [7, 11) is 0. The van der Waals surface area contributed by atoms with E-state index in [2.05, 4.69) is 22.2 Å². The molecule has 1 unspecified atom stereocenters. The zero-order valence-electron chi connectivity index (χ0n) is 12.5. The van der Waals surface area contributed by atoms with Gasteiger partial charge in [0, 0.05) is 12.0 Å². The van der Waals surface area contributed by atoms with E-state index in [4.69, 9.17) is 5.73 Å². The molecule has 0 aliphatic heterocycles. The van der Waals surface area contributed by atoms with Gasteiger partial charge in [-0.1, -0.05) is 37.3 Å². The zero-order chi connectivity index (χ0) is 15.2. The highest BCUT2D eigenvalue weighted by Gasteiger charge is 2.14. The third kappa shape index (κ3) is 3.70. The van der Waals surface area contributed by atoms with Crippen LogP contribution in [-0.4, -0.2) is 21.7 Å². The topological polar surface area (TPSA) is 84.1 Å². The van der Waals surface area contributed by atoms with Crippen molar-refractivity contribution < 1.29 is 5.11 Å². The summed E-state index contributed by atoms with van der Waals surface area (Å²) in [6, 6.07) is 9.58. The van der Waals surface area contributed by atoms with Crippen molar-refractivity contribution in [2.24, 2.45) is 0 Å². The Bertz CT molecular complexity index is 586. The van der Waals surface area contributed by atoms with Crippen LogP contribution in [0.4, 0.5) is 11.6 Å². The summed E-state index contributed by atoms with van der Waals surface area (Å²) < 4.78 is 0. The fraction of sp³-hybridized carbons (Fsp3) is 0.375. The van der Waals surface area contributed by atoms with E-state index in [1.807, 2.05) is 37.3 Å². The summed E-state index contributed by atoms with van der Waals surface area (Å²) in [5.41, 5.74) is 7.77. The highest BCUT2D eigenvalue weighted by Crippen LogP contribution is 2.23. The van der Waals surface area contributed by atoms with Gasteiger partial charge in [-0.3, -0.25) is 0 Å². The number of aryl methyl sites for hydroxylation is 1. The number of nitrogen functional groups attached to an aromatic ring is 1. The van der Waals surface area contributed by atoms with E-state index in [9.17, 15) is 5.11 Å². The van der Waals surface area contributed by atoms with Gasteiger partial charge < -0.3 is 16.2 Å². The van der Waals surface area contributed by atoms with Crippen molar-refractivity contribution in [1.29, 1.82) is 0 Å². The molecule has 1 heterocycles. The molecule has 0 bridgehead atoms. The van der Waals surface area contributed by atoms with Gasteiger partial charge in [0.15, 0.2) is 0 Å². The van der Waals surface area contributed by atoms with Crippen LogP contribution in [0.15, 0.2) is 30.3 Å². The highest BCUT2D eigenvalue weighted by atomic mass is 16.3. The van der Waals surface area contributed by atoms with Gasteiger partial charge in [0.05, 0.1) is 12.6 Å². The van der Waals surface area contributed by atoms with Crippen molar-refractivity contribution in [2.45, 2.75) is 32.7 Å². The Labute approximate surface area is 125 Å². The van der Waals surface area contributed by atoms with Crippen LogP contribution in [0.5, 0.6) is 0 Å². The van der Waals surface area contributed by atoms with Crippen LogP contribution in [0.1, 0.15) is 36.3 Å². The van der Waals surface area contributed by atoms with Crippen LogP contribution in [-0.2, 0) is 6.42 Å². The number of aromatic nitrogens is 2. The van der Waals surface area contributed by atoms with Crippen molar-refractivity contribution in [3.8, 4) is 0 Å².